The first-order chi connectivity index (χ1) is 15.8. The molecule has 0 spiro atoms. The molecule has 2 N–H and O–H groups in total. The molecule has 1 aromatic carbocycles. The predicted molar refractivity (Wildman–Crippen MR) is 132 cm³/mol. The smallest absolute Gasteiger partial charge is 0.314 e. The number of rotatable bonds is 10. The average Bonchev–Trinajstić information content (AvgIpc) is 3.08. The maximum atomic E-state index is 12.3. The van der Waals surface area contributed by atoms with Gasteiger partial charge in [-0.05, 0) is 64.3 Å². The van der Waals surface area contributed by atoms with E-state index in [2.05, 4.69) is 9.82 Å². The second-order valence-corrected chi connectivity index (χ2v) is 10.8. The van der Waals surface area contributed by atoms with Crippen LogP contribution in [0.4, 0.5) is 5.69 Å². The van der Waals surface area contributed by atoms with Crippen LogP contribution >= 0.6 is 0 Å². The SMILES string of the molecule is CCCC(=O)C(CC)C(=O)O.CCCC1=NN(c2ccc(S(=O)(=O)NC(C)(C)C)cc2)C(=O)C1. The van der Waals surface area contributed by atoms with Gasteiger partial charge in [0.1, 0.15) is 11.7 Å². The maximum Gasteiger partial charge on any atom is 0.314 e. The van der Waals surface area contributed by atoms with Gasteiger partial charge in [0.15, 0.2) is 0 Å². The van der Waals surface area contributed by atoms with Gasteiger partial charge in [-0.3, -0.25) is 14.4 Å². The van der Waals surface area contributed by atoms with Crippen LogP contribution in [0.15, 0.2) is 34.3 Å². The fourth-order valence-corrected chi connectivity index (χ4v) is 4.72. The minimum atomic E-state index is -3.58. The normalized spacial score (nSPS) is 14.8. The lowest BCUT2D eigenvalue weighted by atomic mass is 9.98. The van der Waals surface area contributed by atoms with Crippen molar-refractivity contribution >= 4 is 39.1 Å². The van der Waals surface area contributed by atoms with Crippen molar-refractivity contribution in [1.82, 2.24) is 4.72 Å². The molecule has 0 fully saturated rings. The molecule has 1 unspecified atom stereocenters. The Morgan fingerprint density at radius 3 is 2.15 bits per heavy atom. The first kappa shape index (κ1) is 29.4. The lowest BCUT2D eigenvalue weighted by Crippen LogP contribution is -2.40. The quantitative estimate of drug-likeness (QED) is 0.469. The molecule has 0 saturated carbocycles. The number of hydrogen-bond donors (Lipinski definition) is 2. The van der Waals surface area contributed by atoms with Gasteiger partial charge in [-0.1, -0.05) is 27.2 Å². The van der Waals surface area contributed by atoms with Crippen LogP contribution in [0.2, 0.25) is 0 Å². The number of hydrazone groups is 1. The number of hydrogen-bond acceptors (Lipinski definition) is 6. The van der Waals surface area contributed by atoms with Crippen LogP contribution in [-0.4, -0.2) is 42.4 Å². The molecule has 1 amide bonds. The van der Waals surface area contributed by atoms with Crippen molar-refractivity contribution in [2.24, 2.45) is 11.0 Å². The zero-order chi connectivity index (χ0) is 26.1. The van der Waals surface area contributed by atoms with E-state index in [1.807, 2.05) is 13.8 Å². The van der Waals surface area contributed by atoms with Crippen LogP contribution in [0.3, 0.4) is 0 Å². The van der Waals surface area contributed by atoms with Crippen molar-refractivity contribution in [3.05, 3.63) is 24.3 Å². The Morgan fingerprint density at radius 2 is 1.71 bits per heavy atom. The zero-order valence-electron chi connectivity index (χ0n) is 20.9. The molecule has 1 aromatic rings. The molecule has 2 rings (SSSR count). The van der Waals surface area contributed by atoms with E-state index in [1.165, 1.54) is 17.1 Å². The van der Waals surface area contributed by atoms with E-state index >= 15 is 0 Å². The van der Waals surface area contributed by atoms with Gasteiger partial charge in [-0.2, -0.15) is 5.10 Å². The third-order valence-electron chi connectivity index (χ3n) is 4.80. The van der Waals surface area contributed by atoms with Crippen LogP contribution in [0, 0.1) is 5.92 Å². The Balaban J connectivity index is 0.000000445. The summed E-state index contributed by atoms with van der Waals surface area (Å²) in [7, 11) is -3.58. The highest BCUT2D eigenvalue weighted by Crippen LogP contribution is 2.24. The van der Waals surface area contributed by atoms with Crippen molar-refractivity contribution in [3.8, 4) is 0 Å². The van der Waals surface area contributed by atoms with E-state index in [4.69, 9.17) is 5.11 Å². The Kier molecular flexibility index (Phi) is 11.0. The van der Waals surface area contributed by atoms with Crippen LogP contribution in [0.1, 0.15) is 80.1 Å². The summed E-state index contributed by atoms with van der Waals surface area (Å²) in [5, 5.41) is 14.2. The number of benzene rings is 1. The number of carbonyl (C=O) groups is 3. The van der Waals surface area contributed by atoms with Gasteiger partial charge < -0.3 is 5.11 Å². The van der Waals surface area contributed by atoms with Gasteiger partial charge in [-0.25, -0.2) is 18.1 Å². The molecule has 10 heteroatoms. The third-order valence-corrected chi connectivity index (χ3v) is 6.57. The Hall–Kier alpha value is -2.59. The van der Waals surface area contributed by atoms with Crippen LogP contribution in [-0.2, 0) is 24.4 Å². The lowest BCUT2D eigenvalue weighted by Gasteiger charge is -2.20. The van der Waals surface area contributed by atoms with E-state index in [0.717, 1.165) is 25.0 Å². The molecule has 0 aliphatic carbocycles. The monoisotopic (exact) mass is 495 g/mol. The molecular weight excluding hydrogens is 458 g/mol. The van der Waals surface area contributed by atoms with Gasteiger partial charge in [0.25, 0.3) is 5.91 Å². The van der Waals surface area contributed by atoms with Crippen LogP contribution in [0.25, 0.3) is 0 Å². The molecular formula is C24H37N3O6S. The highest BCUT2D eigenvalue weighted by molar-refractivity contribution is 7.89. The van der Waals surface area contributed by atoms with Gasteiger partial charge in [-0.15, -0.1) is 0 Å². The Morgan fingerprint density at radius 1 is 1.12 bits per heavy atom. The summed E-state index contributed by atoms with van der Waals surface area (Å²) in [5.74, 6) is -2.01. The van der Waals surface area contributed by atoms with E-state index in [9.17, 15) is 22.8 Å². The molecule has 0 bridgehead atoms. The van der Waals surface area contributed by atoms with E-state index in [0.29, 0.717) is 24.9 Å². The van der Waals surface area contributed by atoms with E-state index < -0.39 is 27.4 Å². The molecule has 1 heterocycles. The first-order valence-electron chi connectivity index (χ1n) is 11.5. The fourth-order valence-electron chi connectivity index (χ4n) is 3.30. The lowest BCUT2D eigenvalue weighted by molar-refractivity contribution is -0.146. The molecule has 1 aliphatic rings. The molecule has 1 aliphatic heterocycles. The van der Waals surface area contributed by atoms with Gasteiger partial charge >= 0.3 is 5.97 Å². The largest absolute Gasteiger partial charge is 0.481 e. The standard InChI is InChI=1S/C16H23N3O3S.C8H14O3/c1-5-6-12-11-15(20)19(17-12)13-7-9-14(10-8-13)23(21,22)18-16(2,3)4;1-3-5-7(9)6(4-2)8(10)11/h7-10,18H,5-6,11H2,1-4H3;6H,3-5H2,1-2H3,(H,10,11). The number of nitrogens with one attached hydrogen (secondary N) is 1. The molecule has 0 radical (unpaired) electrons. The molecule has 190 valence electrons. The van der Waals surface area contributed by atoms with Crippen molar-refractivity contribution in [1.29, 1.82) is 0 Å². The Bertz CT molecular complexity index is 995. The first-order valence-corrected chi connectivity index (χ1v) is 13.0. The second kappa shape index (κ2) is 12.8. The molecule has 34 heavy (non-hydrogen) atoms. The predicted octanol–water partition coefficient (Wildman–Crippen LogP) is 4.12. The number of ketones is 1. The van der Waals surface area contributed by atoms with Crippen molar-refractivity contribution < 1.29 is 27.9 Å². The van der Waals surface area contributed by atoms with Crippen molar-refractivity contribution in [2.75, 3.05) is 5.01 Å². The number of Topliss-reactive ketones (excluding diaryl/α,β-unsaturated/α-hetero) is 1. The van der Waals surface area contributed by atoms with Gasteiger partial charge in [0.2, 0.25) is 10.0 Å². The summed E-state index contributed by atoms with van der Waals surface area (Å²) in [6, 6.07) is 6.19. The number of nitrogens with zero attached hydrogens (tertiary/aromatic N) is 2. The summed E-state index contributed by atoms with van der Waals surface area (Å²) in [5.41, 5.74) is 0.890. The number of sulfonamides is 1. The van der Waals surface area contributed by atoms with Crippen LogP contribution < -0.4 is 9.73 Å². The number of carboxylic acids is 1. The third kappa shape index (κ3) is 8.98. The summed E-state index contributed by atoms with van der Waals surface area (Å²) in [4.78, 5) is 33.6. The van der Waals surface area contributed by atoms with E-state index in [1.54, 1.807) is 39.8 Å². The van der Waals surface area contributed by atoms with Crippen molar-refractivity contribution in [2.45, 2.75) is 90.5 Å². The van der Waals surface area contributed by atoms with Gasteiger partial charge in [0.05, 0.1) is 17.0 Å². The summed E-state index contributed by atoms with van der Waals surface area (Å²) in [6.07, 6.45) is 3.57. The highest BCUT2D eigenvalue weighted by atomic mass is 32.2. The fraction of sp³-hybridized carbons (Fsp3) is 0.583. The number of anilines is 1. The average molecular weight is 496 g/mol. The molecule has 9 nitrogen and oxygen atoms in total. The van der Waals surface area contributed by atoms with Crippen molar-refractivity contribution in [3.63, 3.8) is 0 Å². The zero-order valence-corrected chi connectivity index (χ0v) is 21.7. The Labute approximate surface area is 202 Å². The summed E-state index contributed by atoms with van der Waals surface area (Å²) >= 11 is 0. The summed E-state index contributed by atoms with van der Waals surface area (Å²) in [6.45, 7) is 11.0. The maximum absolute atomic E-state index is 12.3. The van der Waals surface area contributed by atoms with Gasteiger partial charge in [0, 0.05) is 17.7 Å². The second-order valence-electron chi connectivity index (χ2n) is 9.16. The topological polar surface area (TPSA) is 133 Å². The number of carboxylic acid groups (broad SMARTS) is 1. The molecule has 0 saturated heterocycles. The minimum Gasteiger partial charge on any atom is -0.481 e. The number of amides is 1. The summed E-state index contributed by atoms with van der Waals surface area (Å²) < 4.78 is 27.1. The number of carbonyl (C=O) groups excluding carboxylic acids is 2. The molecule has 0 aromatic heterocycles. The highest BCUT2D eigenvalue weighted by Gasteiger charge is 2.26. The van der Waals surface area contributed by atoms with E-state index in [-0.39, 0.29) is 16.6 Å². The number of aliphatic carboxylic acids is 1. The van der Waals surface area contributed by atoms with Crippen LogP contribution in [0.5, 0.6) is 0 Å². The molecule has 1 atom stereocenters. The minimum absolute atomic E-state index is 0.0862.